The summed E-state index contributed by atoms with van der Waals surface area (Å²) in [5.41, 5.74) is 0.905. The Kier molecular flexibility index (Phi) is 5.75. The summed E-state index contributed by atoms with van der Waals surface area (Å²) < 4.78 is 28.5. The van der Waals surface area contributed by atoms with E-state index in [1.807, 2.05) is 13.0 Å². The Balaban J connectivity index is 1.81. The van der Waals surface area contributed by atoms with Crippen molar-refractivity contribution in [1.29, 1.82) is 0 Å². The van der Waals surface area contributed by atoms with Gasteiger partial charge < -0.3 is 10.1 Å². The molecule has 0 aliphatic heterocycles. The molecule has 2 rings (SSSR count). The van der Waals surface area contributed by atoms with Crippen molar-refractivity contribution in [3.63, 3.8) is 0 Å². The molecule has 0 heterocycles. The Morgan fingerprint density at radius 1 is 1.38 bits per heavy atom. The van der Waals surface area contributed by atoms with Crippen LogP contribution in [-0.4, -0.2) is 27.7 Å². The van der Waals surface area contributed by atoms with Gasteiger partial charge in [0.25, 0.3) is 0 Å². The minimum atomic E-state index is -3.65. The van der Waals surface area contributed by atoms with E-state index in [0.717, 1.165) is 12.1 Å². The van der Waals surface area contributed by atoms with Crippen LogP contribution in [0, 0.1) is 0 Å². The summed E-state index contributed by atoms with van der Waals surface area (Å²) >= 11 is 0. The number of nitrogens with one attached hydrogen (secondary N) is 1. The van der Waals surface area contributed by atoms with Crippen molar-refractivity contribution in [2.24, 2.45) is 5.14 Å². The van der Waals surface area contributed by atoms with Gasteiger partial charge in [0.1, 0.15) is 0 Å². The predicted molar refractivity (Wildman–Crippen MR) is 82.4 cm³/mol. The van der Waals surface area contributed by atoms with Crippen LogP contribution in [0.1, 0.15) is 44.2 Å². The topological polar surface area (TPSA) is 81.4 Å². The highest BCUT2D eigenvalue weighted by atomic mass is 32.2. The number of nitrogens with two attached hydrogens (primary N) is 1. The minimum absolute atomic E-state index is 0.0545. The molecule has 6 heteroatoms. The normalized spacial score (nSPS) is 18.0. The van der Waals surface area contributed by atoms with Gasteiger partial charge in [-0.15, -0.1) is 0 Å². The number of rotatable bonds is 7. The summed E-state index contributed by atoms with van der Waals surface area (Å²) in [4.78, 5) is 0.149. The maximum atomic E-state index is 11.4. The third-order valence-electron chi connectivity index (χ3n) is 3.89. The Bertz CT molecular complexity index is 554. The zero-order valence-electron chi connectivity index (χ0n) is 12.4. The average Bonchev–Trinajstić information content (AvgIpc) is 2.96. The first-order valence-corrected chi connectivity index (χ1v) is 8.99. The van der Waals surface area contributed by atoms with E-state index < -0.39 is 10.0 Å². The van der Waals surface area contributed by atoms with E-state index in [0.29, 0.717) is 12.7 Å². The summed E-state index contributed by atoms with van der Waals surface area (Å²) in [6, 6.07) is 6.78. The molecular formula is C15H24N2O3S. The lowest BCUT2D eigenvalue weighted by Gasteiger charge is -2.16. The summed E-state index contributed by atoms with van der Waals surface area (Å²) in [5.74, 6) is 0. The monoisotopic (exact) mass is 312 g/mol. The van der Waals surface area contributed by atoms with Crippen LogP contribution in [0.2, 0.25) is 0 Å². The molecule has 1 atom stereocenters. The molecule has 1 aliphatic rings. The number of primary sulfonamides is 1. The highest BCUT2D eigenvalue weighted by Gasteiger charge is 2.15. The van der Waals surface area contributed by atoms with E-state index in [-0.39, 0.29) is 10.9 Å². The number of benzene rings is 1. The SMILES string of the molecule is CC(NCCOC1CCCC1)c1cccc(S(N)(=O)=O)c1. The van der Waals surface area contributed by atoms with Gasteiger partial charge in [0, 0.05) is 12.6 Å². The van der Waals surface area contributed by atoms with Crippen molar-refractivity contribution in [1.82, 2.24) is 5.32 Å². The van der Waals surface area contributed by atoms with Gasteiger partial charge in [-0.3, -0.25) is 0 Å². The van der Waals surface area contributed by atoms with Crippen molar-refractivity contribution in [3.05, 3.63) is 29.8 Å². The molecule has 1 saturated carbocycles. The van der Waals surface area contributed by atoms with E-state index in [9.17, 15) is 8.42 Å². The lowest BCUT2D eigenvalue weighted by Crippen LogP contribution is -2.25. The third-order valence-corrected chi connectivity index (χ3v) is 4.81. The molecular weight excluding hydrogens is 288 g/mol. The smallest absolute Gasteiger partial charge is 0.238 e. The summed E-state index contributed by atoms with van der Waals surface area (Å²) in [6.07, 6.45) is 5.31. The molecule has 0 saturated heterocycles. The van der Waals surface area contributed by atoms with Gasteiger partial charge in [-0.05, 0) is 37.5 Å². The second kappa shape index (κ2) is 7.35. The van der Waals surface area contributed by atoms with Crippen LogP contribution in [0.25, 0.3) is 0 Å². The van der Waals surface area contributed by atoms with Crippen molar-refractivity contribution in [2.45, 2.75) is 49.6 Å². The Labute approximate surface area is 126 Å². The number of hydrogen-bond acceptors (Lipinski definition) is 4. The van der Waals surface area contributed by atoms with Gasteiger partial charge in [-0.1, -0.05) is 25.0 Å². The zero-order chi connectivity index (χ0) is 15.3. The zero-order valence-corrected chi connectivity index (χ0v) is 13.2. The van der Waals surface area contributed by atoms with Gasteiger partial charge in [0.05, 0.1) is 17.6 Å². The molecule has 5 nitrogen and oxygen atoms in total. The van der Waals surface area contributed by atoms with Crippen molar-refractivity contribution in [2.75, 3.05) is 13.2 Å². The van der Waals surface area contributed by atoms with Crippen molar-refractivity contribution < 1.29 is 13.2 Å². The first-order valence-electron chi connectivity index (χ1n) is 7.44. The van der Waals surface area contributed by atoms with E-state index in [2.05, 4.69) is 5.32 Å². The molecule has 0 spiro atoms. The largest absolute Gasteiger partial charge is 0.377 e. The molecule has 0 radical (unpaired) electrons. The van der Waals surface area contributed by atoms with E-state index >= 15 is 0 Å². The molecule has 1 fully saturated rings. The lowest BCUT2D eigenvalue weighted by atomic mass is 10.1. The van der Waals surface area contributed by atoms with Gasteiger partial charge in [-0.2, -0.15) is 0 Å². The van der Waals surface area contributed by atoms with Crippen molar-refractivity contribution >= 4 is 10.0 Å². The standard InChI is InChI=1S/C15H24N2O3S/c1-12(17-9-10-20-14-6-2-3-7-14)13-5-4-8-15(11-13)21(16,18)19/h4-5,8,11-12,14,17H,2-3,6-7,9-10H2,1H3,(H2,16,18,19). The first kappa shape index (κ1) is 16.4. The molecule has 0 bridgehead atoms. The van der Waals surface area contributed by atoms with Gasteiger partial charge in [0.2, 0.25) is 10.0 Å². The average molecular weight is 312 g/mol. The molecule has 1 aromatic rings. The molecule has 0 aromatic heterocycles. The Morgan fingerprint density at radius 3 is 2.76 bits per heavy atom. The first-order chi connectivity index (χ1) is 9.97. The van der Waals surface area contributed by atoms with Crippen LogP contribution in [0.4, 0.5) is 0 Å². The molecule has 1 aliphatic carbocycles. The molecule has 3 N–H and O–H groups in total. The van der Waals surface area contributed by atoms with E-state index in [4.69, 9.17) is 9.88 Å². The number of ether oxygens (including phenoxy) is 1. The van der Waals surface area contributed by atoms with Gasteiger partial charge in [-0.25, -0.2) is 13.6 Å². The maximum absolute atomic E-state index is 11.4. The van der Waals surface area contributed by atoms with Crippen LogP contribution in [-0.2, 0) is 14.8 Å². The molecule has 21 heavy (non-hydrogen) atoms. The van der Waals surface area contributed by atoms with Gasteiger partial charge >= 0.3 is 0 Å². The summed E-state index contributed by atoms with van der Waals surface area (Å²) in [5, 5.41) is 8.49. The van der Waals surface area contributed by atoms with Crippen LogP contribution in [0.15, 0.2) is 29.2 Å². The second-order valence-corrected chi connectivity index (χ2v) is 7.13. The van der Waals surface area contributed by atoms with E-state index in [1.165, 1.54) is 31.7 Å². The molecule has 0 amide bonds. The minimum Gasteiger partial charge on any atom is -0.377 e. The molecule has 1 unspecified atom stereocenters. The van der Waals surface area contributed by atoms with Crippen LogP contribution in [0.3, 0.4) is 0 Å². The fourth-order valence-corrected chi connectivity index (χ4v) is 3.20. The summed E-state index contributed by atoms with van der Waals surface area (Å²) in [7, 11) is -3.65. The molecule has 118 valence electrons. The van der Waals surface area contributed by atoms with Crippen LogP contribution in [0.5, 0.6) is 0 Å². The van der Waals surface area contributed by atoms with Gasteiger partial charge in [0.15, 0.2) is 0 Å². The Morgan fingerprint density at radius 2 is 2.10 bits per heavy atom. The van der Waals surface area contributed by atoms with E-state index in [1.54, 1.807) is 12.1 Å². The Hall–Kier alpha value is -0.950. The summed E-state index contributed by atoms with van der Waals surface area (Å²) in [6.45, 7) is 3.43. The number of sulfonamides is 1. The number of hydrogen-bond donors (Lipinski definition) is 2. The highest BCUT2D eigenvalue weighted by molar-refractivity contribution is 7.89. The maximum Gasteiger partial charge on any atom is 0.238 e. The highest BCUT2D eigenvalue weighted by Crippen LogP contribution is 2.20. The fraction of sp³-hybridized carbons (Fsp3) is 0.600. The lowest BCUT2D eigenvalue weighted by molar-refractivity contribution is 0.0593. The predicted octanol–water partition coefficient (Wildman–Crippen LogP) is 1.94. The van der Waals surface area contributed by atoms with Crippen LogP contribution < -0.4 is 10.5 Å². The second-order valence-electron chi connectivity index (χ2n) is 5.57. The third kappa shape index (κ3) is 5.07. The fourth-order valence-electron chi connectivity index (χ4n) is 2.63. The van der Waals surface area contributed by atoms with Crippen molar-refractivity contribution in [3.8, 4) is 0 Å². The molecule has 1 aromatic carbocycles. The quantitative estimate of drug-likeness (QED) is 0.754. The van der Waals surface area contributed by atoms with Crippen LogP contribution >= 0.6 is 0 Å².